The SMILES string of the molecule is CC(C)(C)C1CCN(C(CN)c2ccc(Br)o2)C1. The summed E-state index contributed by atoms with van der Waals surface area (Å²) in [6.07, 6.45) is 1.25. The Morgan fingerprint density at radius 1 is 1.50 bits per heavy atom. The largest absolute Gasteiger partial charge is 0.453 e. The molecule has 2 N–H and O–H groups in total. The summed E-state index contributed by atoms with van der Waals surface area (Å²) in [4.78, 5) is 2.46. The van der Waals surface area contributed by atoms with Gasteiger partial charge in [0.05, 0.1) is 6.04 Å². The molecule has 0 saturated carbocycles. The lowest BCUT2D eigenvalue weighted by atomic mass is 9.80. The molecule has 3 nitrogen and oxygen atoms in total. The van der Waals surface area contributed by atoms with Crippen molar-refractivity contribution in [2.24, 2.45) is 17.1 Å². The average Bonchev–Trinajstić information content (AvgIpc) is 2.88. The first-order valence-corrected chi connectivity index (χ1v) is 7.40. The normalized spacial score (nSPS) is 23.5. The van der Waals surface area contributed by atoms with Crippen LogP contribution in [0.1, 0.15) is 39.0 Å². The zero-order valence-electron chi connectivity index (χ0n) is 11.4. The van der Waals surface area contributed by atoms with Crippen molar-refractivity contribution in [2.75, 3.05) is 19.6 Å². The van der Waals surface area contributed by atoms with Crippen LogP contribution in [0.5, 0.6) is 0 Å². The Hall–Kier alpha value is -0.320. The van der Waals surface area contributed by atoms with Crippen LogP contribution in [0, 0.1) is 11.3 Å². The molecule has 1 aliphatic rings. The second-order valence-corrected chi connectivity index (χ2v) is 7.02. The van der Waals surface area contributed by atoms with Gasteiger partial charge in [0.1, 0.15) is 5.76 Å². The third-order valence-corrected chi connectivity index (χ3v) is 4.46. The van der Waals surface area contributed by atoms with Gasteiger partial charge in [0.2, 0.25) is 0 Å². The smallest absolute Gasteiger partial charge is 0.169 e. The van der Waals surface area contributed by atoms with Crippen LogP contribution in [0.15, 0.2) is 21.2 Å². The Morgan fingerprint density at radius 2 is 2.22 bits per heavy atom. The molecule has 1 aromatic heterocycles. The van der Waals surface area contributed by atoms with E-state index >= 15 is 0 Å². The van der Waals surface area contributed by atoms with Crippen LogP contribution in [0.3, 0.4) is 0 Å². The summed E-state index contributed by atoms with van der Waals surface area (Å²) in [6, 6.07) is 4.17. The van der Waals surface area contributed by atoms with Gasteiger partial charge in [-0.3, -0.25) is 4.90 Å². The zero-order valence-corrected chi connectivity index (χ0v) is 13.0. The fourth-order valence-corrected chi connectivity index (χ4v) is 3.05. The van der Waals surface area contributed by atoms with Gasteiger partial charge in [-0.1, -0.05) is 20.8 Å². The molecule has 2 unspecified atom stereocenters. The minimum absolute atomic E-state index is 0.212. The first-order valence-electron chi connectivity index (χ1n) is 6.61. The molecule has 102 valence electrons. The van der Waals surface area contributed by atoms with E-state index in [2.05, 4.69) is 41.6 Å². The second kappa shape index (κ2) is 5.35. The van der Waals surface area contributed by atoms with E-state index in [0.29, 0.717) is 12.0 Å². The number of hydrogen-bond donors (Lipinski definition) is 1. The van der Waals surface area contributed by atoms with Gasteiger partial charge in [0, 0.05) is 13.1 Å². The quantitative estimate of drug-likeness (QED) is 0.929. The Kier molecular flexibility index (Phi) is 4.19. The molecule has 1 saturated heterocycles. The van der Waals surface area contributed by atoms with Crippen LogP contribution in [0.4, 0.5) is 0 Å². The van der Waals surface area contributed by atoms with Crippen molar-refractivity contribution >= 4 is 15.9 Å². The number of likely N-dealkylation sites (tertiary alicyclic amines) is 1. The van der Waals surface area contributed by atoms with Gasteiger partial charge in [-0.15, -0.1) is 0 Å². The molecule has 2 atom stereocenters. The number of nitrogens with zero attached hydrogens (tertiary/aromatic N) is 1. The van der Waals surface area contributed by atoms with Crippen LogP contribution in [0.25, 0.3) is 0 Å². The van der Waals surface area contributed by atoms with E-state index in [4.69, 9.17) is 10.2 Å². The number of hydrogen-bond acceptors (Lipinski definition) is 3. The molecule has 1 aromatic rings. The summed E-state index contributed by atoms with van der Waals surface area (Å²) in [5, 5.41) is 0. The fraction of sp³-hybridized carbons (Fsp3) is 0.714. The molecule has 0 radical (unpaired) electrons. The molecule has 0 aromatic carbocycles. The third-order valence-electron chi connectivity index (χ3n) is 4.03. The van der Waals surface area contributed by atoms with Crippen LogP contribution in [-0.4, -0.2) is 24.5 Å². The van der Waals surface area contributed by atoms with E-state index in [1.54, 1.807) is 0 Å². The van der Waals surface area contributed by atoms with E-state index in [-0.39, 0.29) is 6.04 Å². The van der Waals surface area contributed by atoms with Crippen molar-refractivity contribution in [3.63, 3.8) is 0 Å². The summed E-state index contributed by atoms with van der Waals surface area (Å²) >= 11 is 3.36. The summed E-state index contributed by atoms with van der Waals surface area (Å²) < 4.78 is 6.44. The third kappa shape index (κ3) is 2.98. The van der Waals surface area contributed by atoms with E-state index < -0.39 is 0 Å². The van der Waals surface area contributed by atoms with Crippen LogP contribution < -0.4 is 5.73 Å². The minimum Gasteiger partial charge on any atom is -0.453 e. The number of halogens is 1. The maximum absolute atomic E-state index is 5.93. The lowest BCUT2D eigenvalue weighted by Crippen LogP contribution is -2.33. The van der Waals surface area contributed by atoms with Crippen molar-refractivity contribution in [3.05, 3.63) is 22.6 Å². The van der Waals surface area contributed by atoms with E-state index in [0.717, 1.165) is 29.4 Å². The molecule has 1 fully saturated rings. The summed E-state index contributed by atoms with van der Waals surface area (Å²) in [5.41, 5.74) is 6.30. The van der Waals surface area contributed by atoms with Gasteiger partial charge in [0.15, 0.2) is 4.67 Å². The minimum atomic E-state index is 0.212. The van der Waals surface area contributed by atoms with Crippen LogP contribution in [0.2, 0.25) is 0 Å². The molecule has 1 aliphatic heterocycles. The zero-order chi connectivity index (χ0) is 13.3. The molecule has 0 bridgehead atoms. The van der Waals surface area contributed by atoms with Gasteiger partial charge in [-0.05, 0) is 52.4 Å². The Labute approximate surface area is 118 Å². The average molecular weight is 315 g/mol. The van der Waals surface area contributed by atoms with Gasteiger partial charge in [0.25, 0.3) is 0 Å². The molecule has 18 heavy (non-hydrogen) atoms. The maximum Gasteiger partial charge on any atom is 0.169 e. The van der Waals surface area contributed by atoms with Crippen molar-refractivity contribution in [2.45, 2.75) is 33.2 Å². The Bertz CT molecular complexity index is 397. The summed E-state index contributed by atoms with van der Waals surface area (Å²) in [6.45, 7) is 9.80. The van der Waals surface area contributed by atoms with Crippen molar-refractivity contribution in [3.8, 4) is 0 Å². The molecule has 0 amide bonds. The summed E-state index contributed by atoms with van der Waals surface area (Å²) in [7, 11) is 0. The molecule has 2 rings (SSSR count). The molecule has 2 heterocycles. The number of rotatable bonds is 3. The fourth-order valence-electron chi connectivity index (χ4n) is 2.73. The molecule has 0 spiro atoms. The molecular formula is C14H23BrN2O. The van der Waals surface area contributed by atoms with Crippen molar-refractivity contribution in [1.29, 1.82) is 0 Å². The molecular weight excluding hydrogens is 292 g/mol. The monoisotopic (exact) mass is 314 g/mol. The highest BCUT2D eigenvalue weighted by Gasteiger charge is 2.35. The van der Waals surface area contributed by atoms with Gasteiger partial charge in [-0.2, -0.15) is 0 Å². The lowest BCUT2D eigenvalue weighted by Gasteiger charge is -2.29. The first kappa shape index (κ1) is 14.1. The predicted octanol–water partition coefficient (Wildman–Crippen LogP) is 3.41. The molecule has 0 aliphatic carbocycles. The highest BCUT2D eigenvalue weighted by atomic mass is 79.9. The van der Waals surface area contributed by atoms with Crippen LogP contribution in [-0.2, 0) is 0 Å². The number of nitrogens with two attached hydrogens (primary N) is 1. The van der Waals surface area contributed by atoms with Crippen molar-refractivity contribution < 1.29 is 4.42 Å². The molecule has 4 heteroatoms. The van der Waals surface area contributed by atoms with E-state index in [1.165, 1.54) is 6.42 Å². The van der Waals surface area contributed by atoms with Gasteiger partial charge in [-0.25, -0.2) is 0 Å². The topological polar surface area (TPSA) is 42.4 Å². The highest BCUT2D eigenvalue weighted by molar-refractivity contribution is 9.10. The standard InChI is InChI=1S/C14H23BrN2O/c1-14(2,3)10-6-7-17(9-10)11(8-16)12-4-5-13(15)18-12/h4-5,10-11H,6-9,16H2,1-3H3. The van der Waals surface area contributed by atoms with E-state index in [1.807, 2.05) is 12.1 Å². The predicted molar refractivity (Wildman–Crippen MR) is 77.3 cm³/mol. The first-order chi connectivity index (χ1) is 8.41. The second-order valence-electron chi connectivity index (χ2n) is 6.24. The number of furan rings is 1. The van der Waals surface area contributed by atoms with Gasteiger partial charge >= 0.3 is 0 Å². The maximum atomic E-state index is 5.93. The van der Waals surface area contributed by atoms with E-state index in [9.17, 15) is 0 Å². The Morgan fingerprint density at radius 3 is 2.67 bits per heavy atom. The highest BCUT2D eigenvalue weighted by Crippen LogP contribution is 2.37. The van der Waals surface area contributed by atoms with Crippen molar-refractivity contribution in [1.82, 2.24) is 4.90 Å². The lowest BCUT2D eigenvalue weighted by molar-refractivity contribution is 0.181. The summed E-state index contributed by atoms with van der Waals surface area (Å²) in [5.74, 6) is 1.71. The van der Waals surface area contributed by atoms with Gasteiger partial charge < -0.3 is 10.2 Å². The van der Waals surface area contributed by atoms with Crippen LogP contribution >= 0.6 is 15.9 Å². The Balaban J connectivity index is 2.07.